The van der Waals surface area contributed by atoms with Gasteiger partial charge in [-0.15, -0.1) is 0 Å². The van der Waals surface area contributed by atoms with Crippen LogP contribution in [0.15, 0.2) is 60.7 Å². The summed E-state index contributed by atoms with van der Waals surface area (Å²) in [6, 6.07) is 18.1. The van der Waals surface area contributed by atoms with Crippen LogP contribution < -0.4 is 5.32 Å². The molecule has 134 valence electrons. The molecule has 0 saturated carbocycles. The van der Waals surface area contributed by atoms with Gasteiger partial charge in [0, 0.05) is 12.6 Å². The molecule has 6 heteroatoms. The van der Waals surface area contributed by atoms with Crippen molar-refractivity contribution < 1.29 is 9.90 Å². The quantitative estimate of drug-likeness (QED) is 0.544. The van der Waals surface area contributed by atoms with Crippen LogP contribution in [0.25, 0.3) is 22.3 Å². The van der Waals surface area contributed by atoms with E-state index in [0.717, 1.165) is 11.3 Å². The van der Waals surface area contributed by atoms with Crippen LogP contribution in [0.4, 0.5) is 5.69 Å². The number of nitrogens with zero attached hydrogens (tertiary/aromatic N) is 3. The number of para-hydroxylation sites is 2. The van der Waals surface area contributed by atoms with Gasteiger partial charge >= 0.3 is 0 Å². The van der Waals surface area contributed by atoms with E-state index in [1.807, 2.05) is 44.3 Å². The lowest BCUT2D eigenvalue weighted by Crippen LogP contribution is -2.13. The zero-order chi connectivity index (χ0) is 19.0. The largest absolute Gasteiger partial charge is 0.506 e. The number of hydrogen-bond donors (Lipinski definition) is 2. The van der Waals surface area contributed by atoms with Gasteiger partial charge in [-0.2, -0.15) is 5.10 Å². The van der Waals surface area contributed by atoms with Crippen LogP contribution in [0.5, 0.6) is 5.75 Å². The van der Waals surface area contributed by atoms with Crippen LogP contribution in [-0.4, -0.2) is 25.8 Å². The molecule has 27 heavy (non-hydrogen) atoms. The summed E-state index contributed by atoms with van der Waals surface area (Å²) in [5.41, 5.74) is 3.78. The van der Waals surface area contributed by atoms with Gasteiger partial charge < -0.3 is 10.4 Å². The van der Waals surface area contributed by atoms with Crippen molar-refractivity contribution in [2.24, 2.45) is 7.05 Å². The van der Waals surface area contributed by atoms with Crippen LogP contribution in [-0.2, 0) is 7.05 Å². The number of phenolic OH excluding ortho intramolecular Hbond substituents is 1. The summed E-state index contributed by atoms with van der Waals surface area (Å²) in [6.07, 6.45) is 0. The van der Waals surface area contributed by atoms with E-state index in [-0.39, 0.29) is 11.7 Å². The maximum absolute atomic E-state index is 13.0. The lowest BCUT2D eigenvalue weighted by molar-refractivity contribution is 0.102. The summed E-state index contributed by atoms with van der Waals surface area (Å²) in [5.74, 6) is -0.306. The van der Waals surface area contributed by atoms with E-state index in [9.17, 15) is 9.90 Å². The Labute approximate surface area is 156 Å². The molecule has 2 aromatic carbocycles. The molecule has 0 bridgehead atoms. The molecule has 0 atom stereocenters. The smallest absolute Gasteiger partial charge is 0.256 e. The second-order valence-electron chi connectivity index (χ2n) is 6.30. The standard InChI is InChI=1S/C21H18N4O2/c1-13-19-15(21(27)23-16-10-6-7-11-18(16)26)12-17(14-8-4-3-5-9-14)22-20(19)25(2)24-13/h3-12,26H,1-2H3,(H,23,27). The fourth-order valence-electron chi connectivity index (χ4n) is 3.15. The first-order valence-electron chi connectivity index (χ1n) is 8.53. The Bertz CT molecular complexity index is 1150. The molecule has 0 unspecified atom stereocenters. The molecule has 0 aliphatic rings. The number of rotatable bonds is 3. The summed E-state index contributed by atoms with van der Waals surface area (Å²) in [7, 11) is 1.81. The number of anilines is 1. The molecular formula is C21H18N4O2. The van der Waals surface area contributed by atoms with Crippen molar-refractivity contribution >= 4 is 22.6 Å². The second-order valence-corrected chi connectivity index (χ2v) is 6.30. The molecule has 0 aliphatic heterocycles. The highest BCUT2D eigenvalue weighted by molar-refractivity contribution is 6.13. The van der Waals surface area contributed by atoms with Crippen LogP contribution in [0.2, 0.25) is 0 Å². The van der Waals surface area contributed by atoms with Crippen LogP contribution in [0, 0.1) is 6.92 Å². The van der Waals surface area contributed by atoms with Crippen LogP contribution in [0.1, 0.15) is 16.1 Å². The van der Waals surface area contributed by atoms with Crippen molar-refractivity contribution in [3.8, 4) is 17.0 Å². The number of hydrogen-bond acceptors (Lipinski definition) is 4. The van der Waals surface area contributed by atoms with E-state index >= 15 is 0 Å². The predicted octanol–water partition coefficient (Wildman–Crippen LogP) is 3.90. The fraction of sp³-hybridized carbons (Fsp3) is 0.0952. The molecule has 0 radical (unpaired) electrons. The SMILES string of the molecule is Cc1nn(C)c2nc(-c3ccccc3)cc(C(=O)Nc3ccccc3O)c12. The number of aromatic nitrogens is 3. The maximum Gasteiger partial charge on any atom is 0.256 e. The number of aromatic hydroxyl groups is 1. The van der Waals surface area contributed by atoms with Crippen molar-refractivity contribution in [3.63, 3.8) is 0 Å². The average molecular weight is 358 g/mol. The fourth-order valence-corrected chi connectivity index (χ4v) is 3.15. The third kappa shape index (κ3) is 3.01. The van der Waals surface area contributed by atoms with Gasteiger partial charge in [-0.25, -0.2) is 4.98 Å². The molecule has 0 spiro atoms. The average Bonchev–Trinajstić information content (AvgIpc) is 2.97. The van der Waals surface area contributed by atoms with Crippen molar-refractivity contribution in [1.82, 2.24) is 14.8 Å². The van der Waals surface area contributed by atoms with Gasteiger partial charge in [0.25, 0.3) is 5.91 Å². The summed E-state index contributed by atoms with van der Waals surface area (Å²) in [6.45, 7) is 1.85. The van der Waals surface area contributed by atoms with Crippen molar-refractivity contribution in [2.75, 3.05) is 5.32 Å². The highest BCUT2D eigenvalue weighted by atomic mass is 16.3. The number of aryl methyl sites for hydroxylation is 2. The van der Waals surface area contributed by atoms with Gasteiger partial charge in [0.2, 0.25) is 0 Å². The van der Waals surface area contributed by atoms with Crippen molar-refractivity contribution in [3.05, 3.63) is 71.9 Å². The highest BCUT2D eigenvalue weighted by Gasteiger charge is 2.20. The molecule has 6 nitrogen and oxygen atoms in total. The number of carbonyl (C=O) groups excluding carboxylic acids is 1. The topological polar surface area (TPSA) is 80.0 Å². The molecule has 2 aromatic heterocycles. The number of fused-ring (bicyclic) bond motifs is 1. The first kappa shape index (κ1) is 16.8. The van der Waals surface area contributed by atoms with Gasteiger partial charge in [-0.05, 0) is 25.1 Å². The normalized spacial score (nSPS) is 10.9. The number of nitrogens with one attached hydrogen (secondary N) is 1. The number of benzene rings is 2. The Balaban J connectivity index is 1.88. The van der Waals surface area contributed by atoms with E-state index in [1.165, 1.54) is 6.07 Å². The number of pyridine rings is 1. The molecule has 0 fully saturated rings. The number of phenols is 1. The Hall–Kier alpha value is -3.67. The maximum atomic E-state index is 13.0. The van der Waals surface area contributed by atoms with Gasteiger partial charge in [0.05, 0.1) is 28.0 Å². The molecule has 4 aromatic rings. The Kier molecular flexibility index (Phi) is 4.08. The molecule has 4 rings (SSSR count). The van der Waals surface area contributed by atoms with Crippen molar-refractivity contribution in [1.29, 1.82) is 0 Å². The zero-order valence-corrected chi connectivity index (χ0v) is 15.0. The molecule has 2 heterocycles. The van der Waals surface area contributed by atoms with E-state index in [2.05, 4.69) is 10.4 Å². The summed E-state index contributed by atoms with van der Waals surface area (Å²) in [4.78, 5) is 17.7. The molecule has 2 N–H and O–H groups in total. The zero-order valence-electron chi connectivity index (χ0n) is 15.0. The Morgan fingerprint density at radius 2 is 1.78 bits per heavy atom. The van der Waals surface area contributed by atoms with Crippen molar-refractivity contribution in [2.45, 2.75) is 6.92 Å². The molecular weight excluding hydrogens is 340 g/mol. The Morgan fingerprint density at radius 3 is 2.52 bits per heavy atom. The van der Waals surface area contributed by atoms with Gasteiger partial charge in [-0.1, -0.05) is 42.5 Å². The second kappa shape index (κ2) is 6.57. The molecule has 1 amide bonds. The minimum absolute atomic E-state index is 0.0161. The van der Waals surface area contributed by atoms with Gasteiger partial charge in [-0.3, -0.25) is 9.48 Å². The van der Waals surface area contributed by atoms with E-state index in [0.29, 0.717) is 28.0 Å². The Morgan fingerprint density at radius 1 is 1.07 bits per heavy atom. The van der Waals surface area contributed by atoms with Gasteiger partial charge in [0.15, 0.2) is 5.65 Å². The van der Waals surface area contributed by atoms with Crippen LogP contribution in [0.3, 0.4) is 0 Å². The lowest BCUT2D eigenvalue weighted by Gasteiger charge is -2.10. The predicted molar refractivity (Wildman–Crippen MR) is 105 cm³/mol. The van der Waals surface area contributed by atoms with E-state index in [4.69, 9.17) is 4.98 Å². The summed E-state index contributed by atoms with van der Waals surface area (Å²) in [5, 5.41) is 17.9. The third-order valence-corrected chi connectivity index (χ3v) is 4.44. The number of carbonyl (C=O) groups is 1. The first-order valence-corrected chi connectivity index (χ1v) is 8.53. The summed E-state index contributed by atoms with van der Waals surface area (Å²) >= 11 is 0. The monoisotopic (exact) mass is 358 g/mol. The summed E-state index contributed by atoms with van der Waals surface area (Å²) < 4.78 is 1.67. The highest BCUT2D eigenvalue weighted by Crippen LogP contribution is 2.28. The minimum Gasteiger partial charge on any atom is -0.506 e. The lowest BCUT2D eigenvalue weighted by atomic mass is 10.0. The third-order valence-electron chi connectivity index (χ3n) is 4.44. The van der Waals surface area contributed by atoms with Gasteiger partial charge in [0.1, 0.15) is 5.75 Å². The van der Waals surface area contributed by atoms with E-state index in [1.54, 1.807) is 28.9 Å². The van der Waals surface area contributed by atoms with Crippen LogP contribution >= 0.6 is 0 Å². The van der Waals surface area contributed by atoms with E-state index < -0.39 is 0 Å². The minimum atomic E-state index is -0.322. The number of amides is 1. The first-order chi connectivity index (χ1) is 13.0. The molecule has 0 aliphatic carbocycles. The molecule has 0 saturated heterocycles.